The summed E-state index contributed by atoms with van der Waals surface area (Å²) >= 11 is 0. The normalized spacial score (nSPS) is 24.8. The van der Waals surface area contributed by atoms with Crippen LogP contribution in [0.5, 0.6) is 0 Å². The second kappa shape index (κ2) is 5.73. The summed E-state index contributed by atoms with van der Waals surface area (Å²) in [6, 6.07) is 0.542. The van der Waals surface area contributed by atoms with Gasteiger partial charge in [-0.2, -0.15) is 13.2 Å². The number of aromatic nitrogens is 2. The number of alkyl halides is 3. The Balaban J connectivity index is 2.09. The van der Waals surface area contributed by atoms with E-state index in [1.807, 2.05) is 0 Å². The van der Waals surface area contributed by atoms with Gasteiger partial charge in [-0.25, -0.2) is 9.97 Å². The van der Waals surface area contributed by atoms with Gasteiger partial charge in [-0.3, -0.25) is 0 Å². The van der Waals surface area contributed by atoms with E-state index in [0.717, 1.165) is 31.5 Å². The summed E-state index contributed by atoms with van der Waals surface area (Å²) in [4.78, 5) is 7.22. The third-order valence-electron chi connectivity index (χ3n) is 3.24. The number of hydrogen-bond acceptors (Lipinski definition) is 4. The first-order valence-corrected chi connectivity index (χ1v) is 6.31. The zero-order valence-corrected chi connectivity index (χ0v) is 10.3. The van der Waals surface area contributed by atoms with Crippen LogP contribution in [0.1, 0.15) is 37.8 Å². The highest BCUT2D eigenvalue weighted by Gasteiger charge is 2.33. The van der Waals surface area contributed by atoms with Crippen LogP contribution in [-0.4, -0.2) is 27.2 Å². The van der Waals surface area contributed by atoms with Gasteiger partial charge in [0.15, 0.2) is 0 Å². The van der Waals surface area contributed by atoms with Gasteiger partial charge in [-0.15, -0.1) is 0 Å². The van der Waals surface area contributed by atoms with Crippen LogP contribution >= 0.6 is 0 Å². The zero-order chi connectivity index (χ0) is 13.9. The van der Waals surface area contributed by atoms with Crippen LogP contribution in [0.2, 0.25) is 0 Å². The summed E-state index contributed by atoms with van der Waals surface area (Å²) < 4.78 is 37.6. The molecule has 1 aromatic heterocycles. The molecule has 1 saturated carbocycles. The van der Waals surface area contributed by atoms with E-state index in [1.54, 1.807) is 0 Å². The SMILES string of the molecule is OC1CCCCCC1Nc1nccc(C(F)(F)F)n1. The molecule has 19 heavy (non-hydrogen) atoms. The Morgan fingerprint density at radius 2 is 1.95 bits per heavy atom. The third-order valence-corrected chi connectivity index (χ3v) is 3.24. The van der Waals surface area contributed by atoms with Crippen molar-refractivity contribution in [2.75, 3.05) is 5.32 Å². The lowest BCUT2D eigenvalue weighted by molar-refractivity contribution is -0.141. The van der Waals surface area contributed by atoms with E-state index < -0.39 is 18.0 Å². The molecule has 2 atom stereocenters. The first-order valence-electron chi connectivity index (χ1n) is 6.31. The Labute approximate surface area is 109 Å². The molecule has 2 unspecified atom stereocenters. The van der Waals surface area contributed by atoms with Crippen molar-refractivity contribution in [2.24, 2.45) is 0 Å². The molecule has 1 aliphatic rings. The van der Waals surface area contributed by atoms with E-state index in [2.05, 4.69) is 15.3 Å². The molecule has 0 radical (unpaired) electrons. The van der Waals surface area contributed by atoms with Crippen LogP contribution in [0, 0.1) is 0 Å². The predicted octanol–water partition coefficient (Wildman–Crippen LogP) is 2.60. The van der Waals surface area contributed by atoms with Crippen molar-refractivity contribution in [1.82, 2.24) is 9.97 Å². The number of nitrogens with one attached hydrogen (secondary N) is 1. The smallest absolute Gasteiger partial charge is 0.391 e. The van der Waals surface area contributed by atoms with Gasteiger partial charge in [0.2, 0.25) is 5.95 Å². The van der Waals surface area contributed by atoms with Gasteiger partial charge in [0.25, 0.3) is 0 Å². The molecule has 7 heteroatoms. The molecule has 2 N–H and O–H groups in total. The molecule has 0 spiro atoms. The summed E-state index contributed by atoms with van der Waals surface area (Å²) in [7, 11) is 0. The third kappa shape index (κ3) is 3.79. The van der Waals surface area contributed by atoms with Crippen LogP contribution < -0.4 is 5.32 Å². The quantitative estimate of drug-likeness (QED) is 0.815. The summed E-state index contributed by atoms with van der Waals surface area (Å²) in [6.07, 6.45) is 0.274. The lowest BCUT2D eigenvalue weighted by Gasteiger charge is -2.21. The lowest BCUT2D eigenvalue weighted by Crippen LogP contribution is -2.33. The van der Waals surface area contributed by atoms with Crippen LogP contribution in [-0.2, 0) is 6.18 Å². The molecular formula is C12H16F3N3O. The molecule has 0 bridgehead atoms. The number of halogens is 3. The van der Waals surface area contributed by atoms with Crippen molar-refractivity contribution in [1.29, 1.82) is 0 Å². The minimum atomic E-state index is -4.48. The second-order valence-electron chi connectivity index (χ2n) is 4.72. The van der Waals surface area contributed by atoms with Crippen molar-refractivity contribution < 1.29 is 18.3 Å². The standard InChI is InChI=1S/C12H16F3N3O/c13-12(14,15)10-6-7-16-11(18-10)17-8-4-2-1-3-5-9(8)19/h6-9,19H,1-5H2,(H,16,17,18). The lowest BCUT2D eigenvalue weighted by atomic mass is 10.1. The van der Waals surface area contributed by atoms with Gasteiger partial charge in [0.1, 0.15) is 5.69 Å². The van der Waals surface area contributed by atoms with Crippen LogP contribution in [0.3, 0.4) is 0 Å². The Bertz CT molecular complexity index is 425. The van der Waals surface area contributed by atoms with Crippen LogP contribution in [0.4, 0.5) is 19.1 Å². The predicted molar refractivity (Wildman–Crippen MR) is 63.5 cm³/mol. The number of rotatable bonds is 2. The van der Waals surface area contributed by atoms with Gasteiger partial charge >= 0.3 is 6.18 Å². The fourth-order valence-corrected chi connectivity index (χ4v) is 2.21. The van der Waals surface area contributed by atoms with Crippen molar-refractivity contribution in [3.05, 3.63) is 18.0 Å². The van der Waals surface area contributed by atoms with Crippen molar-refractivity contribution in [3.63, 3.8) is 0 Å². The average molecular weight is 275 g/mol. The number of hydrogen-bond donors (Lipinski definition) is 2. The minimum absolute atomic E-state index is 0.0826. The van der Waals surface area contributed by atoms with Crippen LogP contribution in [0.15, 0.2) is 12.3 Å². The average Bonchev–Trinajstić information content (AvgIpc) is 2.54. The van der Waals surface area contributed by atoms with Crippen molar-refractivity contribution >= 4 is 5.95 Å². The Kier molecular flexibility index (Phi) is 4.24. The Hall–Kier alpha value is -1.37. The maximum Gasteiger partial charge on any atom is 0.433 e. The molecule has 0 aromatic carbocycles. The van der Waals surface area contributed by atoms with Gasteiger partial charge in [0, 0.05) is 6.20 Å². The van der Waals surface area contributed by atoms with Crippen LogP contribution in [0.25, 0.3) is 0 Å². The summed E-state index contributed by atoms with van der Waals surface area (Å²) in [6.45, 7) is 0. The van der Waals surface area contributed by atoms with Gasteiger partial charge in [0.05, 0.1) is 12.1 Å². The number of anilines is 1. The number of aliphatic hydroxyl groups excluding tert-OH is 1. The molecule has 1 heterocycles. The topological polar surface area (TPSA) is 58.0 Å². The van der Waals surface area contributed by atoms with E-state index in [1.165, 1.54) is 0 Å². The highest BCUT2D eigenvalue weighted by atomic mass is 19.4. The summed E-state index contributed by atoms with van der Waals surface area (Å²) in [5, 5.41) is 12.7. The van der Waals surface area contributed by atoms with Crippen molar-refractivity contribution in [3.8, 4) is 0 Å². The maximum atomic E-state index is 12.5. The Morgan fingerprint density at radius 1 is 1.21 bits per heavy atom. The second-order valence-corrected chi connectivity index (χ2v) is 4.72. The maximum absolute atomic E-state index is 12.5. The van der Waals surface area contributed by atoms with E-state index in [9.17, 15) is 18.3 Å². The number of nitrogens with zero attached hydrogens (tertiary/aromatic N) is 2. The van der Waals surface area contributed by atoms with Gasteiger partial charge < -0.3 is 10.4 Å². The Morgan fingerprint density at radius 3 is 2.68 bits per heavy atom. The largest absolute Gasteiger partial charge is 0.433 e. The fourth-order valence-electron chi connectivity index (χ4n) is 2.21. The minimum Gasteiger partial charge on any atom is -0.391 e. The first kappa shape index (κ1) is 14.0. The summed E-state index contributed by atoms with van der Waals surface area (Å²) in [5.41, 5.74) is -0.979. The molecule has 2 rings (SSSR count). The van der Waals surface area contributed by atoms with Gasteiger partial charge in [-0.05, 0) is 18.9 Å². The molecule has 4 nitrogen and oxygen atoms in total. The molecule has 0 saturated heterocycles. The molecule has 0 aliphatic heterocycles. The summed E-state index contributed by atoms with van der Waals surface area (Å²) in [5.74, 6) is -0.0826. The monoisotopic (exact) mass is 275 g/mol. The molecule has 0 amide bonds. The fraction of sp³-hybridized carbons (Fsp3) is 0.667. The van der Waals surface area contributed by atoms with E-state index >= 15 is 0 Å². The van der Waals surface area contributed by atoms with Gasteiger partial charge in [-0.1, -0.05) is 19.3 Å². The molecule has 106 valence electrons. The van der Waals surface area contributed by atoms with E-state index in [-0.39, 0.29) is 12.0 Å². The highest BCUT2D eigenvalue weighted by molar-refractivity contribution is 5.28. The zero-order valence-electron chi connectivity index (χ0n) is 10.3. The first-order chi connectivity index (χ1) is 8.97. The number of aliphatic hydroxyl groups is 1. The molecule has 1 fully saturated rings. The van der Waals surface area contributed by atoms with E-state index in [4.69, 9.17) is 0 Å². The van der Waals surface area contributed by atoms with E-state index in [0.29, 0.717) is 12.8 Å². The molecular weight excluding hydrogens is 259 g/mol. The molecule has 1 aliphatic carbocycles. The highest BCUT2D eigenvalue weighted by Crippen LogP contribution is 2.28. The molecule has 1 aromatic rings. The van der Waals surface area contributed by atoms with Crippen molar-refractivity contribution in [2.45, 2.75) is 50.4 Å².